The van der Waals surface area contributed by atoms with Crippen molar-refractivity contribution in [2.45, 2.75) is 26.8 Å². The van der Waals surface area contributed by atoms with Crippen molar-refractivity contribution in [3.8, 4) is 11.5 Å². The minimum atomic E-state index is -0.669. The zero-order chi connectivity index (χ0) is 24.6. The molecule has 0 radical (unpaired) electrons. The number of aryl methyl sites for hydroxylation is 1. The lowest BCUT2D eigenvalue weighted by Crippen LogP contribution is -2.39. The number of benzene rings is 2. The van der Waals surface area contributed by atoms with E-state index < -0.39 is 12.0 Å². The summed E-state index contributed by atoms with van der Waals surface area (Å²) in [5.41, 5.74) is 2.86. The summed E-state index contributed by atoms with van der Waals surface area (Å²) in [6.45, 7) is 5.69. The van der Waals surface area contributed by atoms with Gasteiger partial charge in [0.15, 0.2) is 16.3 Å². The normalized spacial score (nSPS) is 15.7. The summed E-state index contributed by atoms with van der Waals surface area (Å²) in [7, 11) is 1.48. The van der Waals surface area contributed by atoms with Gasteiger partial charge >= 0.3 is 5.97 Å². The maximum absolute atomic E-state index is 13.6. The van der Waals surface area contributed by atoms with Crippen molar-refractivity contribution >= 4 is 46.0 Å². The van der Waals surface area contributed by atoms with Crippen LogP contribution in [0.25, 0.3) is 6.08 Å². The van der Waals surface area contributed by atoms with Gasteiger partial charge in [0.2, 0.25) is 0 Å². The molecule has 3 aromatic rings. The van der Waals surface area contributed by atoms with Crippen molar-refractivity contribution < 1.29 is 19.4 Å². The topological polar surface area (TPSA) is 90.1 Å². The first-order chi connectivity index (χ1) is 16.2. The minimum Gasteiger partial charge on any atom is -0.504 e. The summed E-state index contributed by atoms with van der Waals surface area (Å²) >= 11 is 3.33. The van der Waals surface area contributed by atoms with Crippen LogP contribution in [0.1, 0.15) is 36.6 Å². The zero-order valence-corrected chi connectivity index (χ0v) is 22.1. The van der Waals surface area contributed by atoms with Crippen molar-refractivity contribution in [1.29, 1.82) is 0 Å². The number of ether oxygens (including phenoxy) is 2. The van der Waals surface area contributed by atoms with E-state index in [-0.39, 0.29) is 17.9 Å². The van der Waals surface area contributed by atoms with Crippen LogP contribution in [-0.2, 0) is 9.53 Å². The smallest absolute Gasteiger partial charge is 0.338 e. The Labute approximate surface area is 213 Å². The molecule has 34 heavy (non-hydrogen) atoms. The largest absolute Gasteiger partial charge is 0.504 e. The van der Waals surface area contributed by atoms with E-state index in [0.717, 1.165) is 14.7 Å². The van der Waals surface area contributed by atoms with Crippen LogP contribution in [0.15, 0.2) is 57.5 Å². The Bertz CT molecular complexity index is 1490. The second-order valence-corrected chi connectivity index (χ2v) is 10.0. The molecular formula is C25H23IN2O5S. The predicted octanol–water partition coefficient (Wildman–Crippen LogP) is 3.43. The Balaban J connectivity index is 1.97. The third-order valence-corrected chi connectivity index (χ3v) is 7.09. The standard InChI is InChI=1S/C25H23IN2O5S/c1-5-33-24(31)20-14(3)27-25-28(21(20)15-8-6-13(2)7-9-15)23(30)19(34-25)11-16-10-17(26)12-18(32-4)22(16)29/h6-12,21,29H,5H2,1-4H3/b19-11-/t21-/m0/s1. The molecule has 0 aliphatic carbocycles. The van der Waals surface area contributed by atoms with Gasteiger partial charge in [0.25, 0.3) is 5.56 Å². The second kappa shape index (κ2) is 9.75. The van der Waals surface area contributed by atoms with E-state index in [1.807, 2.05) is 31.2 Å². The molecule has 1 aliphatic rings. The van der Waals surface area contributed by atoms with Crippen LogP contribution in [0, 0.1) is 10.5 Å². The number of phenols is 1. The molecule has 0 unspecified atom stereocenters. The van der Waals surface area contributed by atoms with E-state index in [0.29, 0.717) is 31.9 Å². The van der Waals surface area contributed by atoms with Gasteiger partial charge in [-0.15, -0.1) is 0 Å². The second-order valence-electron chi connectivity index (χ2n) is 7.76. The van der Waals surface area contributed by atoms with Crippen LogP contribution >= 0.6 is 33.9 Å². The first kappa shape index (κ1) is 24.2. The van der Waals surface area contributed by atoms with Crippen molar-refractivity contribution in [2.75, 3.05) is 13.7 Å². The number of methoxy groups -OCH3 is 1. The van der Waals surface area contributed by atoms with Crippen LogP contribution < -0.4 is 19.6 Å². The highest BCUT2D eigenvalue weighted by molar-refractivity contribution is 14.1. The number of hydrogen-bond acceptors (Lipinski definition) is 7. The molecule has 1 atom stereocenters. The van der Waals surface area contributed by atoms with Gasteiger partial charge in [-0.1, -0.05) is 41.2 Å². The SMILES string of the molecule is CCOC(=O)C1=C(C)N=c2s/c(=C\c3cc(I)cc(OC)c3O)c(=O)n2[C@H]1c1ccc(C)cc1. The maximum atomic E-state index is 13.6. The molecule has 9 heteroatoms. The number of aromatic hydroxyl groups is 1. The van der Waals surface area contributed by atoms with E-state index in [1.54, 1.807) is 32.1 Å². The van der Waals surface area contributed by atoms with Crippen LogP contribution in [-0.4, -0.2) is 29.4 Å². The van der Waals surface area contributed by atoms with Gasteiger partial charge in [-0.05, 0) is 67.1 Å². The van der Waals surface area contributed by atoms with Gasteiger partial charge in [0.05, 0.1) is 35.6 Å². The Morgan fingerprint density at radius 1 is 1.26 bits per heavy atom. The molecule has 4 rings (SSSR count). The van der Waals surface area contributed by atoms with Crippen molar-refractivity contribution in [1.82, 2.24) is 4.57 Å². The summed E-state index contributed by atoms with van der Waals surface area (Å²) in [6.07, 6.45) is 1.62. The number of thiazole rings is 1. The Morgan fingerprint density at radius 3 is 2.62 bits per heavy atom. The van der Waals surface area contributed by atoms with Gasteiger partial charge in [-0.25, -0.2) is 9.79 Å². The molecule has 7 nitrogen and oxygen atoms in total. The molecule has 0 spiro atoms. The highest BCUT2D eigenvalue weighted by atomic mass is 127. The molecular weight excluding hydrogens is 567 g/mol. The first-order valence-corrected chi connectivity index (χ1v) is 12.5. The molecule has 1 aromatic heterocycles. The monoisotopic (exact) mass is 590 g/mol. The molecule has 0 saturated heterocycles. The minimum absolute atomic E-state index is 0.0489. The van der Waals surface area contributed by atoms with Gasteiger partial charge in [-0.2, -0.15) is 0 Å². The highest BCUT2D eigenvalue weighted by Crippen LogP contribution is 2.33. The van der Waals surface area contributed by atoms with Gasteiger partial charge in [-0.3, -0.25) is 9.36 Å². The van der Waals surface area contributed by atoms with E-state index in [4.69, 9.17) is 9.47 Å². The number of allylic oxidation sites excluding steroid dienone is 1. The highest BCUT2D eigenvalue weighted by Gasteiger charge is 2.33. The number of carbonyl (C=O) groups excluding carboxylic acids is 1. The molecule has 2 aromatic carbocycles. The molecule has 0 fully saturated rings. The number of halogens is 1. The van der Waals surface area contributed by atoms with Crippen molar-refractivity contribution in [2.24, 2.45) is 4.99 Å². The number of aromatic nitrogens is 1. The van der Waals surface area contributed by atoms with E-state index in [9.17, 15) is 14.7 Å². The van der Waals surface area contributed by atoms with Gasteiger partial charge < -0.3 is 14.6 Å². The zero-order valence-electron chi connectivity index (χ0n) is 19.1. The fourth-order valence-electron chi connectivity index (χ4n) is 3.86. The van der Waals surface area contributed by atoms with E-state index in [1.165, 1.54) is 23.0 Å². The fourth-order valence-corrected chi connectivity index (χ4v) is 5.51. The predicted molar refractivity (Wildman–Crippen MR) is 139 cm³/mol. The summed E-state index contributed by atoms with van der Waals surface area (Å²) < 4.78 is 13.3. The van der Waals surface area contributed by atoms with E-state index >= 15 is 0 Å². The number of phenolic OH excluding ortho intramolecular Hbond substituents is 1. The van der Waals surface area contributed by atoms with Gasteiger partial charge in [0.1, 0.15) is 0 Å². The number of rotatable bonds is 5. The number of nitrogens with zero attached hydrogens (tertiary/aromatic N) is 2. The Hall–Kier alpha value is -2.92. The third-order valence-electron chi connectivity index (χ3n) is 5.49. The molecule has 0 saturated carbocycles. The molecule has 176 valence electrons. The van der Waals surface area contributed by atoms with Crippen molar-refractivity contribution in [3.05, 3.63) is 87.6 Å². The number of carbonyl (C=O) groups is 1. The van der Waals surface area contributed by atoms with Crippen LogP contribution in [0.2, 0.25) is 0 Å². The molecule has 0 amide bonds. The average molecular weight is 590 g/mol. The van der Waals surface area contributed by atoms with Crippen LogP contribution in [0.5, 0.6) is 11.5 Å². The summed E-state index contributed by atoms with van der Waals surface area (Å²) in [4.78, 5) is 31.6. The van der Waals surface area contributed by atoms with Gasteiger partial charge in [0, 0.05) is 9.13 Å². The number of esters is 1. The average Bonchev–Trinajstić information content (AvgIpc) is 3.10. The third kappa shape index (κ3) is 4.41. The lowest BCUT2D eigenvalue weighted by molar-refractivity contribution is -0.139. The quantitative estimate of drug-likeness (QED) is 0.364. The lowest BCUT2D eigenvalue weighted by atomic mass is 9.95. The molecule has 1 N–H and O–H groups in total. The number of hydrogen-bond donors (Lipinski definition) is 1. The lowest BCUT2D eigenvalue weighted by Gasteiger charge is -2.24. The molecule has 2 heterocycles. The summed E-state index contributed by atoms with van der Waals surface area (Å²) in [6, 6.07) is 10.5. The van der Waals surface area contributed by atoms with Crippen LogP contribution in [0.3, 0.4) is 0 Å². The Kier molecular flexibility index (Phi) is 6.94. The summed E-state index contributed by atoms with van der Waals surface area (Å²) in [5, 5.41) is 10.6. The Morgan fingerprint density at radius 2 is 1.97 bits per heavy atom. The summed E-state index contributed by atoms with van der Waals surface area (Å²) in [5.74, 6) is -0.222. The number of fused-ring (bicyclic) bond motifs is 1. The molecule has 1 aliphatic heterocycles. The molecule has 0 bridgehead atoms. The van der Waals surface area contributed by atoms with Crippen molar-refractivity contribution in [3.63, 3.8) is 0 Å². The van der Waals surface area contributed by atoms with E-state index in [2.05, 4.69) is 27.6 Å². The van der Waals surface area contributed by atoms with Crippen LogP contribution in [0.4, 0.5) is 0 Å². The first-order valence-electron chi connectivity index (χ1n) is 10.6. The maximum Gasteiger partial charge on any atom is 0.338 e. The fraction of sp³-hybridized carbons (Fsp3) is 0.240.